The summed E-state index contributed by atoms with van der Waals surface area (Å²) in [6.07, 6.45) is 2.16. The summed E-state index contributed by atoms with van der Waals surface area (Å²) in [7, 11) is 3.73. The molecule has 21 heavy (non-hydrogen) atoms. The number of methoxy groups -OCH3 is 1. The Morgan fingerprint density at radius 1 is 1.43 bits per heavy atom. The maximum atomic E-state index is 5.32. The highest BCUT2D eigenvalue weighted by molar-refractivity contribution is 7.99. The molecule has 5 nitrogen and oxygen atoms in total. The highest BCUT2D eigenvalue weighted by Gasteiger charge is 2.30. The van der Waals surface area contributed by atoms with Gasteiger partial charge in [-0.15, -0.1) is 5.10 Å². The van der Waals surface area contributed by atoms with E-state index in [1.165, 1.54) is 11.1 Å². The van der Waals surface area contributed by atoms with Gasteiger partial charge in [0.25, 0.3) is 0 Å². The number of thioether (sulfide) groups is 1. The minimum absolute atomic E-state index is 0.309. The third-order valence-corrected chi connectivity index (χ3v) is 5.10. The van der Waals surface area contributed by atoms with Crippen molar-refractivity contribution in [1.82, 2.24) is 20.5 Å². The number of hydrogen-bond acceptors (Lipinski definition) is 5. The lowest BCUT2D eigenvalue weighted by atomic mass is 9.87. The van der Waals surface area contributed by atoms with Crippen LogP contribution >= 0.6 is 11.8 Å². The average molecular weight is 304 g/mol. The van der Waals surface area contributed by atoms with Crippen LogP contribution in [0.2, 0.25) is 0 Å². The molecule has 3 rings (SSSR count). The summed E-state index contributed by atoms with van der Waals surface area (Å²) in [5.74, 6) is 1.79. The second-order valence-electron chi connectivity index (χ2n) is 5.23. The van der Waals surface area contributed by atoms with Gasteiger partial charge in [0, 0.05) is 11.3 Å². The highest BCUT2D eigenvalue weighted by atomic mass is 32.2. The molecule has 0 aliphatic heterocycles. The lowest BCUT2D eigenvalue weighted by molar-refractivity contribution is 0.412. The van der Waals surface area contributed by atoms with Crippen LogP contribution in [0.5, 0.6) is 5.75 Å². The second kappa shape index (κ2) is 6.07. The van der Waals surface area contributed by atoms with E-state index in [2.05, 4.69) is 32.6 Å². The molecule has 6 heteroatoms. The molecule has 1 aromatic heterocycles. The van der Waals surface area contributed by atoms with Crippen LogP contribution in [0.25, 0.3) is 0 Å². The number of aromatic amines is 1. The molecular formula is C15H20N4OS. The number of nitrogens with zero attached hydrogens (tertiary/aromatic N) is 2. The van der Waals surface area contributed by atoms with E-state index >= 15 is 0 Å². The largest absolute Gasteiger partial charge is 0.497 e. The van der Waals surface area contributed by atoms with E-state index in [0.717, 1.165) is 29.6 Å². The molecular weight excluding hydrogens is 284 g/mol. The van der Waals surface area contributed by atoms with Gasteiger partial charge in [-0.25, -0.2) is 4.98 Å². The van der Waals surface area contributed by atoms with Gasteiger partial charge in [-0.05, 0) is 50.1 Å². The summed E-state index contributed by atoms with van der Waals surface area (Å²) in [6.45, 7) is 1.93. The molecule has 0 bridgehead atoms. The maximum Gasteiger partial charge on any atom is 0.208 e. The van der Waals surface area contributed by atoms with E-state index < -0.39 is 0 Å². The van der Waals surface area contributed by atoms with Crippen LogP contribution in [0, 0.1) is 6.92 Å². The number of aryl methyl sites for hydroxylation is 2. The van der Waals surface area contributed by atoms with Crippen molar-refractivity contribution >= 4 is 11.8 Å². The summed E-state index contributed by atoms with van der Waals surface area (Å²) in [4.78, 5) is 4.41. The first kappa shape index (κ1) is 14.4. The average Bonchev–Trinajstić information content (AvgIpc) is 2.91. The minimum atomic E-state index is 0.309. The Kier molecular flexibility index (Phi) is 4.17. The molecule has 2 unspecified atom stereocenters. The van der Waals surface area contributed by atoms with Crippen molar-refractivity contribution in [2.45, 2.75) is 36.2 Å². The van der Waals surface area contributed by atoms with E-state index in [0.29, 0.717) is 11.3 Å². The molecule has 1 aliphatic rings. The number of hydrogen-bond donors (Lipinski definition) is 2. The number of benzene rings is 1. The molecule has 0 saturated carbocycles. The van der Waals surface area contributed by atoms with Gasteiger partial charge in [-0.2, -0.15) is 0 Å². The van der Waals surface area contributed by atoms with Gasteiger partial charge in [-0.1, -0.05) is 17.8 Å². The summed E-state index contributed by atoms with van der Waals surface area (Å²) >= 11 is 1.74. The number of nitrogens with one attached hydrogen (secondary N) is 2. The molecule has 1 heterocycles. The van der Waals surface area contributed by atoms with E-state index in [9.17, 15) is 0 Å². The Morgan fingerprint density at radius 2 is 2.29 bits per heavy atom. The van der Waals surface area contributed by atoms with Gasteiger partial charge < -0.3 is 10.1 Å². The number of ether oxygens (including phenoxy) is 1. The number of aromatic nitrogens is 3. The first-order valence-electron chi connectivity index (χ1n) is 7.11. The predicted molar refractivity (Wildman–Crippen MR) is 83.9 cm³/mol. The highest BCUT2D eigenvalue weighted by Crippen LogP contribution is 2.39. The fourth-order valence-electron chi connectivity index (χ4n) is 2.87. The lowest BCUT2D eigenvalue weighted by Gasteiger charge is -2.32. The van der Waals surface area contributed by atoms with E-state index in [-0.39, 0.29) is 0 Å². The lowest BCUT2D eigenvalue weighted by Crippen LogP contribution is -2.32. The smallest absolute Gasteiger partial charge is 0.208 e. The molecule has 0 saturated heterocycles. The minimum Gasteiger partial charge on any atom is -0.497 e. The van der Waals surface area contributed by atoms with Crippen LogP contribution in [0.1, 0.15) is 29.4 Å². The first-order valence-corrected chi connectivity index (χ1v) is 7.99. The van der Waals surface area contributed by atoms with Crippen molar-refractivity contribution in [3.8, 4) is 5.75 Å². The summed E-state index contributed by atoms with van der Waals surface area (Å²) in [5.41, 5.74) is 2.73. The van der Waals surface area contributed by atoms with E-state index in [4.69, 9.17) is 4.74 Å². The fraction of sp³-hybridized carbons (Fsp3) is 0.467. The van der Waals surface area contributed by atoms with Crippen molar-refractivity contribution in [2.75, 3.05) is 14.2 Å². The number of rotatable bonds is 4. The SMILES string of the molecule is CNC1c2ccc(OC)cc2CCC1Sc1n[nH]c(C)n1. The standard InChI is InChI=1S/C15H20N4OS/c1-9-17-15(19-18-9)21-13-7-4-10-8-11(20-3)5-6-12(10)14(13)16-2/h5-6,8,13-14,16H,4,7H2,1-3H3,(H,17,18,19). The zero-order valence-electron chi connectivity index (χ0n) is 12.5. The zero-order valence-corrected chi connectivity index (χ0v) is 13.3. The van der Waals surface area contributed by atoms with Crippen molar-refractivity contribution < 1.29 is 4.74 Å². The molecule has 2 aromatic rings. The van der Waals surface area contributed by atoms with Gasteiger partial charge in [-0.3, -0.25) is 5.10 Å². The molecule has 2 N–H and O–H groups in total. The normalized spacial score (nSPS) is 21.1. The van der Waals surface area contributed by atoms with Crippen molar-refractivity contribution in [2.24, 2.45) is 0 Å². The van der Waals surface area contributed by atoms with Crippen molar-refractivity contribution in [1.29, 1.82) is 0 Å². The monoisotopic (exact) mass is 304 g/mol. The molecule has 0 amide bonds. The first-order chi connectivity index (χ1) is 10.2. The van der Waals surface area contributed by atoms with Crippen molar-refractivity contribution in [3.05, 3.63) is 35.2 Å². The van der Waals surface area contributed by atoms with Gasteiger partial charge in [0.05, 0.1) is 7.11 Å². The Hall–Kier alpha value is -1.53. The molecule has 1 aromatic carbocycles. The molecule has 2 atom stereocenters. The van der Waals surface area contributed by atoms with Gasteiger partial charge in [0.1, 0.15) is 11.6 Å². The van der Waals surface area contributed by atoms with E-state index in [1.54, 1.807) is 18.9 Å². The number of fused-ring (bicyclic) bond motifs is 1. The Labute approximate surface area is 128 Å². The number of H-pyrrole nitrogens is 1. The fourth-order valence-corrected chi connectivity index (χ4v) is 4.09. The third kappa shape index (κ3) is 2.91. The Morgan fingerprint density at radius 3 is 2.95 bits per heavy atom. The second-order valence-corrected chi connectivity index (χ2v) is 6.44. The molecule has 112 valence electrons. The summed E-state index contributed by atoms with van der Waals surface area (Å²) in [5, 5.41) is 11.9. The van der Waals surface area contributed by atoms with Crippen LogP contribution in [-0.4, -0.2) is 34.6 Å². The zero-order chi connectivity index (χ0) is 14.8. The quantitative estimate of drug-likeness (QED) is 0.908. The Balaban J connectivity index is 1.84. The molecule has 0 spiro atoms. The van der Waals surface area contributed by atoms with Crippen molar-refractivity contribution in [3.63, 3.8) is 0 Å². The van der Waals surface area contributed by atoms with Crippen LogP contribution in [0.3, 0.4) is 0 Å². The van der Waals surface area contributed by atoms with Gasteiger partial charge >= 0.3 is 0 Å². The molecule has 0 radical (unpaired) electrons. The molecule has 1 aliphatic carbocycles. The van der Waals surface area contributed by atoms with Gasteiger partial charge in [0.15, 0.2) is 0 Å². The van der Waals surface area contributed by atoms with Crippen LogP contribution in [-0.2, 0) is 6.42 Å². The maximum absolute atomic E-state index is 5.32. The van der Waals surface area contributed by atoms with Crippen LogP contribution < -0.4 is 10.1 Å². The molecule has 0 fully saturated rings. The summed E-state index contributed by atoms with van der Waals surface area (Å²) < 4.78 is 5.32. The third-order valence-electron chi connectivity index (χ3n) is 3.90. The Bertz CT molecular complexity index is 628. The summed E-state index contributed by atoms with van der Waals surface area (Å²) in [6, 6.07) is 6.67. The van der Waals surface area contributed by atoms with Gasteiger partial charge in [0.2, 0.25) is 5.16 Å². The topological polar surface area (TPSA) is 62.8 Å². The van der Waals surface area contributed by atoms with Crippen LogP contribution in [0.4, 0.5) is 0 Å². The van der Waals surface area contributed by atoms with E-state index in [1.807, 2.05) is 20.0 Å². The predicted octanol–water partition coefficient (Wildman–Crippen LogP) is 2.49. The van der Waals surface area contributed by atoms with Crippen LogP contribution in [0.15, 0.2) is 23.4 Å².